The van der Waals surface area contributed by atoms with E-state index in [4.69, 9.17) is 0 Å². The molecule has 5 nitrogen and oxygen atoms in total. The highest BCUT2D eigenvalue weighted by Crippen LogP contribution is 2.26. The van der Waals surface area contributed by atoms with E-state index in [1.807, 2.05) is 69.5 Å². The Morgan fingerprint density at radius 2 is 1.55 bits per heavy atom. The second kappa shape index (κ2) is 10.4. The maximum absolute atomic E-state index is 13.5. The molecule has 0 bridgehead atoms. The third-order valence-electron chi connectivity index (χ3n) is 5.22. The molecule has 0 aromatic heterocycles. The summed E-state index contributed by atoms with van der Waals surface area (Å²) in [4.78, 5) is 14.2. The van der Waals surface area contributed by atoms with E-state index in [9.17, 15) is 13.2 Å². The summed E-state index contributed by atoms with van der Waals surface area (Å²) in [5.74, 6) is -0.360. The van der Waals surface area contributed by atoms with Gasteiger partial charge in [0, 0.05) is 10.4 Å². The molecule has 1 amide bonds. The molecule has 3 aromatic carbocycles. The number of hydrogen-bond acceptors (Lipinski definition) is 4. The number of hydrogen-bond donors (Lipinski definition) is 1. The van der Waals surface area contributed by atoms with Crippen LogP contribution in [0.25, 0.3) is 0 Å². The fraction of sp³-hybridized carbons (Fsp3) is 0.269. The molecular formula is C26H30N2O3S2. The smallest absolute Gasteiger partial charge is 0.264 e. The molecule has 7 heteroatoms. The first-order chi connectivity index (χ1) is 15.6. The molecule has 0 unspecified atom stereocenters. The standard InChI is InChI=1S/C26H30N2O3S2/c1-20-10-12-22(13-11-20)28(33(30,31)24-16-14-23(32-4)15-17-24)19-25(29)27-26(2,3)18-21-8-6-5-7-9-21/h5-17H,18-19H2,1-4H3,(H,27,29). The predicted molar refractivity (Wildman–Crippen MR) is 136 cm³/mol. The molecule has 0 saturated carbocycles. The molecule has 0 fully saturated rings. The highest BCUT2D eigenvalue weighted by molar-refractivity contribution is 7.98. The monoisotopic (exact) mass is 482 g/mol. The number of aryl methyl sites for hydroxylation is 1. The Bertz CT molecular complexity index is 1170. The molecule has 0 spiro atoms. The van der Waals surface area contributed by atoms with Gasteiger partial charge in [-0.1, -0.05) is 48.0 Å². The predicted octanol–water partition coefficient (Wildman–Crippen LogP) is 5.05. The van der Waals surface area contributed by atoms with Gasteiger partial charge in [-0.3, -0.25) is 9.10 Å². The molecule has 0 aliphatic rings. The number of nitrogens with zero attached hydrogens (tertiary/aromatic N) is 1. The van der Waals surface area contributed by atoms with Gasteiger partial charge in [-0.25, -0.2) is 8.42 Å². The van der Waals surface area contributed by atoms with E-state index in [2.05, 4.69) is 5.32 Å². The summed E-state index contributed by atoms with van der Waals surface area (Å²) in [5.41, 5.74) is 2.01. The van der Waals surface area contributed by atoms with Crippen LogP contribution >= 0.6 is 11.8 Å². The third-order valence-corrected chi connectivity index (χ3v) is 7.75. The van der Waals surface area contributed by atoms with Gasteiger partial charge < -0.3 is 5.32 Å². The fourth-order valence-corrected chi connectivity index (χ4v) is 5.43. The minimum Gasteiger partial charge on any atom is -0.349 e. The zero-order chi connectivity index (χ0) is 24.1. The van der Waals surface area contributed by atoms with Gasteiger partial charge in [0.05, 0.1) is 10.6 Å². The van der Waals surface area contributed by atoms with Crippen LogP contribution in [0.15, 0.2) is 88.7 Å². The van der Waals surface area contributed by atoms with E-state index in [-0.39, 0.29) is 17.3 Å². The molecule has 0 aliphatic heterocycles. The van der Waals surface area contributed by atoms with Crippen LogP contribution < -0.4 is 9.62 Å². The van der Waals surface area contributed by atoms with Crippen LogP contribution in [0.2, 0.25) is 0 Å². The topological polar surface area (TPSA) is 66.5 Å². The number of benzene rings is 3. The van der Waals surface area contributed by atoms with Crippen LogP contribution in [0.4, 0.5) is 5.69 Å². The van der Waals surface area contributed by atoms with Crippen molar-refractivity contribution in [2.45, 2.75) is 42.5 Å². The number of nitrogens with one attached hydrogen (secondary N) is 1. The highest BCUT2D eigenvalue weighted by Gasteiger charge is 2.29. The van der Waals surface area contributed by atoms with E-state index in [0.717, 1.165) is 16.0 Å². The van der Waals surface area contributed by atoms with Gasteiger partial charge in [-0.2, -0.15) is 0 Å². The Hall–Kier alpha value is -2.77. The largest absolute Gasteiger partial charge is 0.349 e. The first-order valence-electron chi connectivity index (χ1n) is 10.7. The highest BCUT2D eigenvalue weighted by atomic mass is 32.2. The number of anilines is 1. The summed E-state index contributed by atoms with van der Waals surface area (Å²) in [6.07, 6.45) is 2.57. The van der Waals surface area contributed by atoms with Gasteiger partial charge in [-0.15, -0.1) is 11.8 Å². The lowest BCUT2D eigenvalue weighted by molar-refractivity contribution is -0.121. The molecule has 0 atom stereocenters. The number of sulfonamides is 1. The lowest BCUT2D eigenvalue weighted by Crippen LogP contribution is -2.50. The van der Waals surface area contributed by atoms with Gasteiger partial charge in [0.2, 0.25) is 5.91 Å². The number of rotatable bonds is 9. The van der Waals surface area contributed by atoms with Crippen LogP contribution in [0, 0.1) is 6.92 Å². The Kier molecular flexibility index (Phi) is 7.87. The maximum atomic E-state index is 13.5. The minimum atomic E-state index is -3.94. The van der Waals surface area contributed by atoms with Crippen molar-refractivity contribution >= 4 is 33.4 Å². The Labute approximate surface area is 201 Å². The van der Waals surface area contributed by atoms with Crippen molar-refractivity contribution in [2.75, 3.05) is 17.1 Å². The summed E-state index contributed by atoms with van der Waals surface area (Å²) in [6.45, 7) is 5.49. The van der Waals surface area contributed by atoms with Gasteiger partial charge >= 0.3 is 0 Å². The fourth-order valence-electron chi connectivity index (χ4n) is 3.60. The van der Waals surface area contributed by atoms with E-state index >= 15 is 0 Å². The van der Waals surface area contributed by atoms with Gasteiger partial charge in [-0.05, 0) is 75.4 Å². The molecule has 0 saturated heterocycles. The summed E-state index contributed by atoms with van der Waals surface area (Å²) in [5, 5.41) is 3.01. The van der Waals surface area contributed by atoms with Crippen molar-refractivity contribution in [1.82, 2.24) is 5.32 Å². The second-order valence-corrected chi connectivity index (χ2v) is 11.4. The molecule has 0 radical (unpaired) electrons. The number of thioether (sulfide) groups is 1. The normalized spacial score (nSPS) is 11.8. The molecule has 33 heavy (non-hydrogen) atoms. The van der Waals surface area contributed by atoms with Crippen molar-refractivity contribution in [3.63, 3.8) is 0 Å². The zero-order valence-corrected chi connectivity index (χ0v) is 21.0. The minimum absolute atomic E-state index is 0.150. The molecular weight excluding hydrogens is 452 g/mol. The summed E-state index contributed by atoms with van der Waals surface area (Å²) in [6, 6.07) is 23.7. The summed E-state index contributed by atoms with van der Waals surface area (Å²) < 4.78 is 28.3. The summed E-state index contributed by atoms with van der Waals surface area (Å²) >= 11 is 1.54. The lowest BCUT2D eigenvalue weighted by Gasteiger charge is -2.29. The quantitative estimate of drug-likeness (QED) is 0.434. The first-order valence-corrected chi connectivity index (χ1v) is 13.4. The summed E-state index contributed by atoms with van der Waals surface area (Å²) in [7, 11) is -3.94. The lowest BCUT2D eigenvalue weighted by atomic mass is 9.95. The van der Waals surface area contributed by atoms with E-state index in [1.165, 1.54) is 16.1 Å². The molecule has 3 aromatic rings. The average molecular weight is 483 g/mol. The van der Waals surface area contributed by atoms with Gasteiger partial charge in [0.15, 0.2) is 0 Å². The number of carbonyl (C=O) groups is 1. The molecule has 0 aliphatic carbocycles. The Balaban J connectivity index is 1.86. The van der Waals surface area contributed by atoms with Crippen LogP contribution in [0.1, 0.15) is 25.0 Å². The number of carbonyl (C=O) groups excluding carboxylic acids is 1. The average Bonchev–Trinajstić information content (AvgIpc) is 2.78. The second-order valence-electron chi connectivity index (χ2n) is 8.62. The zero-order valence-electron chi connectivity index (χ0n) is 19.4. The Morgan fingerprint density at radius 3 is 2.12 bits per heavy atom. The van der Waals surface area contributed by atoms with Crippen LogP contribution in [0.3, 0.4) is 0 Å². The van der Waals surface area contributed by atoms with Crippen molar-refractivity contribution in [1.29, 1.82) is 0 Å². The molecule has 3 rings (SSSR count). The number of amides is 1. The van der Waals surface area contributed by atoms with Crippen molar-refractivity contribution in [3.8, 4) is 0 Å². The molecule has 0 heterocycles. The molecule has 1 N–H and O–H groups in total. The third kappa shape index (κ3) is 6.62. The van der Waals surface area contributed by atoms with Crippen molar-refractivity contribution in [3.05, 3.63) is 90.0 Å². The maximum Gasteiger partial charge on any atom is 0.264 e. The Morgan fingerprint density at radius 1 is 0.939 bits per heavy atom. The SMILES string of the molecule is CSc1ccc(S(=O)(=O)N(CC(=O)NC(C)(C)Cc2ccccc2)c2ccc(C)cc2)cc1. The van der Waals surface area contributed by atoms with Crippen LogP contribution in [-0.4, -0.2) is 32.7 Å². The molecule has 174 valence electrons. The van der Waals surface area contributed by atoms with Crippen LogP contribution in [-0.2, 0) is 21.2 Å². The van der Waals surface area contributed by atoms with Crippen molar-refractivity contribution < 1.29 is 13.2 Å². The van der Waals surface area contributed by atoms with Gasteiger partial charge in [0.25, 0.3) is 10.0 Å². The van der Waals surface area contributed by atoms with Gasteiger partial charge in [0.1, 0.15) is 6.54 Å². The van der Waals surface area contributed by atoms with E-state index in [1.54, 1.807) is 36.4 Å². The van der Waals surface area contributed by atoms with Crippen LogP contribution in [0.5, 0.6) is 0 Å². The van der Waals surface area contributed by atoms with Crippen molar-refractivity contribution in [2.24, 2.45) is 0 Å². The van der Waals surface area contributed by atoms with E-state index in [0.29, 0.717) is 12.1 Å². The van der Waals surface area contributed by atoms with E-state index < -0.39 is 15.6 Å². The first kappa shape index (κ1) is 24.9.